The predicted octanol–water partition coefficient (Wildman–Crippen LogP) is 1.47. The fourth-order valence-corrected chi connectivity index (χ4v) is 2.94. The molecule has 2 fully saturated rings. The molecule has 0 aromatic carbocycles. The lowest BCUT2D eigenvalue weighted by atomic mass is 9.60. The van der Waals surface area contributed by atoms with E-state index in [4.69, 9.17) is 0 Å². The minimum atomic E-state index is 0.749. The van der Waals surface area contributed by atoms with Gasteiger partial charge in [-0.05, 0) is 57.8 Å². The van der Waals surface area contributed by atoms with Gasteiger partial charge in [-0.1, -0.05) is 6.92 Å². The monoisotopic (exact) mass is 182 g/mol. The number of rotatable bonds is 2. The van der Waals surface area contributed by atoms with Crippen LogP contribution in [0.15, 0.2) is 0 Å². The molecule has 1 N–H and O–H groups in total. The van der Waals surface area contributed by atoms with Crippen LogP contribution in [0.3, 0.4) is 0 Å². The van der Waals surface area contributed by atoms with Crippen molar-refractivity contribution in [3.05, 3.63) is 0 Å². The van der Waals surface area contributed by atoms with Gasteiger partial charge in [0.25, 0.3) is 0 Å². The molecule has 13 heavy (non-hydrogen) atoms. The maximum atomic E-state index is 3.38. The SMILES string of the molecule is CCN1CCC2(CC1)CC(NC)C2. The van der Waals surface area contributed by atoms with Gasteiger partial charge in [-0.2, -0.15) is 0 Å². The van der Waals surface area contributed by atoms with Crippen molar-refractivity contribution in [3.8, 4) is 0 Å². The number of piperidine rings is 1. The predicted molar refractivity (Wildman–Crippen MR) is 55.9 cm³/mol. The molecular formula is C11H22N2. The molecular weight excluding hydrogens is 160 g/mol. The second-order valence-electron chi connectivity index (χ2n) is 4.83. The first kappa shape index (κ1) is 9.47. The quantitative estimate of drug-likeness (QED) is 0.695. The van der Waals surface area contributed by atoms with Crippen LogP contribution in [-0.2, 0) is 0 Å². The molecule has 76 valence electrons. The van der Waals surface area contributed by atoms with Gasteiger partial charge >= 0.3 is 0 Å². The molecule has 0 unspecified atom stereocenters. The van der Waals surface area contributed by atoms with Crippen molar-refractivity contribution in [1.29, 1.82) is 0 Å². The van der Waals surface area contributed by atoms with Gasteiger partial charge in [-0.15, -0.1) is 0 Å². The van der Waals surface area contributed by atoms with Crippen LogP contribution in [0.25, 0.3) is 0 Å². The van der Waals surface area contributed by atoms with Crippen LogP contribution < -0.4 is 5.32 Å². The van der Waals surface area contributed by atoms with Crippen LogP contribution in [-0.4, -0.2) is 37.6 Å². The molecule has 0 bridgehead atoms. The third-order valence-electron chi connectivity index (χ3n) is 4.13. The molecule has 0 atom stereocenters. The Labute approximate surface area is 81.7 Å². The zero-order valence-corrected chi connectivity index (χ0v) is 8.97. The van der Waals surface area contributed by atoms with Crippen molar-refractivity contribution in [3.63, 3.8) is 0 Å². The van der Waals surface area contributed by atoms with Crippen LogP contribution in [0, 0.1) is 5.41 Å². The third-order valence-corrected chi connectivity index (χ3v) is 4.13. The lowest BCUT2D eigenvalue weighted by Crippen LogP contribution is -2.52. The Bertz CT molecular complexity index is 163. The van der Waals surface area contributed by atoms with Crippen LogP contribution >= 0.6 is 0 Å². The van der Waals surface area contributed by atoms with E-state index in [-0.39, 0.29) is 0 Å². The lowest BCUT2D eigenvalue weighted by Gasteiger charge is -2.52. The van der Waals surface area contributed by atoms with Gasteiger partial charge in [0.15, 0.2) is 0 Å². The molecule has 1 spiro atoms. The van der Waals surface area contributed by atoms with Crippen LogP contribution in [0.5, 0.6) is 0 Å². The minimum Gasteiger partial charge on any atom is -0.317 e. The van der Waals surface area contributed by atoms with E-state index in [0.29, 0.717) is 0 Å². The highest BCUT2D eigenvalue weighted by Crippen LogP contribution is 2.48. The number of nitrogens with zero attached hydrogens (tertiary/aromatic N) is 1. The average Bonchev–Trinajstić information content (AvgIpc) is 2.14. The summed E-state index contributed by atoms with van der Waals surface area (Å²) in [6, 6.07) is 0.827. The van der Waals surface area contributed by atoms with Crippen molar-refractivity contribution in [1.82, 2.24) is 10.2 Å². The topological polar surface area (TPSA) is 15.3 Å². The van der Waals surface area contributed by atoms with E-state index in [1.165, 1.54) is 45.3 Å². The first-order valence-corrected chi connectivity index (χ1v) is 5.68. The summed E-state index contributed by atoms with van der Waals surface area (Å²) in [5.41, 5.74) is 0.749. The summed E-state index contributed by atoms with van der Waals surface area (Å²) in [6.45, 7) is 6.20. The molecule has 0 radical (unpaired) electrons. The van der Waals surface area contributed by atoms with E-state index in [1.54, 1.807) is 0 Å². The summed E-state index contributed by atoms with van der Waals surface area (Å²) >= 11 is 0. The van der Waals surface area contributed by atoms with Crippen LogP contribution in [0.1, 0.15) is 32.6 Å². The largest absolute Gasteiger partial charge is 0.317 e. The minimum absolute atomic E-state index is 0.749. The van der Waals surface area contributed by atoms with Crippen molar-refractivity contribution < 1.29 is 0 Å². The van der Waals surface area contributed by atoms with E-state index in [1.807, 2.05) is 0 Å². The standard InChI is InChI=1S/C11H22N2/c1-3-13-6-4-11(5-7-13)8-10(9-11)12-2/h10,12H,3-9H2,1-2H3. The second kappa shape index (κ2) is 3.58. The molecule has 1 aliphatic carbocycles. The zero-order valence-electron chi connectivity index (χ0n) is 8.97. The average molecular weight is 182 g/mol. The van der Waals surface area contributed by atoms with E-state index in [9.17, 15) is 0 Å². The third kappa shape index (κ3) is 1.75. The van der Waals surface area contributed by atoms with Gasteiger partial charge < -0.3 is 10.2 Å². The molecule has 2 nitrogen and oxygen atoms in total. The number of hydrogen-bond donors (Lipinski definition) is 1. The van der Waals surface area contributed by atoms with Crippen LogP contribution in [0.2, 0.25) is 0 Å². The molecule has 0 aromatic heterocycles. The highest BCUT2D eigenvalue weighted by molar-refractivity contribution is 4.99. The molecule has 2 heteroatoms. The molecule has 1 heterocycles. The van der Waals surface area contributed by atoms with Gasteiger partial charge in [-0.3, -0.25) is 0 Å². The zero-order chi connectivity index (χ0) is 9.31. The second-order valence-corrected chi connectivity index (χ2v) is 4.83. The Kier molecular flexibility index (Phi) is 2.61. The van der Waals surface area contributed by atoms with Gasteiger partial charge in [-0.25, -0.2) is 0 Å². The molecule has 0 amide bonds. The Balaban J connectivity index is 1.79. The van der Waals surface area contributed by atoms with Crippen molar-refractivity contribution in [2.75, 3.05) is 26.7 Å². The normalized spacial score (nSPS) is 29.1. The van der Waals surface area contributed by atoms with Gasteiger partial charge in [0.2, 0.25) is 0 Å². The molecule has 1 aliphatic heterocycles. The van der Waals surface area contributed by atoms with E-state index in [0.717, 1.165) is 11.5 Å². The van der Waals surface area contributed by atoms with Gasteiger partial charge in [0.05, 0.1) is 0 Å². The Morgan fingerprint density at radius 2 is 1.92 bits per heavy atom. The van der Waals surface area contributed by atoms with Crippen molar-refractivity contribution >= 4 is 0 Å². The fourth-order valence-electron chi connectivity index (χ4n) is 2.94. The molecule has 1 saturated heterocycles. The Morgan fingerprint density at radius 1 is 1.31 bits per heavy atom. The van der Waals surface area contributed by atoms with Gasteiger partial charge in [0.1, 0.15) is 0 Å². The van der Waals surface area contributed by atoms with Crippen molar-refractivity contribution in [2.45, 2.75) is 38.6 Å². The molecule has 2 aliphatic rings. The summed E-state index contributed by atoms with van der Waals surface area (Å²) in [6.07, 6.45) is 5.75. The number of hydrogen-bond acceptors (Lipinski definition) is 2. The smallest absolute Gasteiger partial charge is 0.00746 e. The molecule has 1 saturated carbocycles. The highest BCUT2D eigenvalue weighted by atomic mass is 15.1. The van der Waals surface area contributed by atoms with Crippen molar-refractivity contribution in [2.24, 2.45) is 5.41 Å². The summed E-state index contributed by atoms with van der Waals surface area (Å²) < 4.78 is 0. The number of nitrogens with one attached hydrogen (secondary N) is 1. The van der Waals surface area contributed by atoms with E-state index < -0.39 is 0 Å². The lowest BCUT2D eigenvalue weighted by molar-refractivity contribution is 0.0101. The first-order valence-electron chi connectivity index (χ1n) is 5.68. The maximum Gasteiger partial charge on any atom is 0.00746 e. The molecule has 2 rings (SSSR count). The van der Waals surface area contributed by atoms with Gasteiger partial charge in [0, 0.05) is 6.04 Å². The van der Waals surface area contributed by atoms with Crippen LogP contribution in [0.4, 0.5) is 0 Å². The summed E-state index contributed by atoms with van der Waals surface area (Å²) in [4.78, 5) is 2.58. The number of likely N-dealkylation sites (tertiary alicyclic amines) is 1. The Morgan fingerprint density at radius 3 is 2.38 bits per heavy atom. The summed E-state index contributed by atoms with van der Waals surface area (Å²) in [5.74, 6) is 0. The fraction of sp³-hybridized carbons (Fsp3) is 1.00. The Hall–Kier alpha value is -0.0800. The van der Waals surface area contributed by atoms with E-state index >= 15 is 0 Å². The highest BCUT2D eigenvalue weighted by Gasteiger charge is 2.44. The first-order chi connectivity index (χ1) is 6.28. The molecule has 0 aromatic rings. The maximum absolute atomic E-state index is 3.38. The summed E-state index contributed by atoms with van der Waals surface area (Å²) in [5, 5.41) is 3.38. The summed E-state index contributed by atoms with van der Waals surface area (Å²) in [7, 11) is 2.10. The van der Waals surface area contributed by atoms with E-state index in [2.05, 4.69) is 24.2 Å².